The minimum absolute atomic E-state index is 0. The van der Waals surface area contributed by atoms with Crippen molar-refractivity contribution in [3.05, 3.63) is 198 Å². The number of nitrogens with two attached hydrogens (primary N) is 2. The van der Waals surface area contributed by atoms with Gasteiger partial charge in [0.1, 0.15) is 87.1 Å². The highest BCUT2D eigenvalue weighted by molar-refractivity contribution is 9.09. The highest BCUT2D eigenvalue weighted by atomic mass is 79.9. The van der Waals surface area contributed by atoms with Gasteiger partial charge in [0.25, 0.3) is 16.7 Å². The Hall–Kier alpha value is -9.14. The van der Waals surface area contributed by atoms with Crippen molar-refractivity contribution in [3.63, 3.8) is 0 Å². The van der Waals surface area contributed by atoms with Gasteiger partial charge in [-0.1, -0.05) is 48.5 Å². The lowest BCUT2D eigenvalue weighted by Gasteiger charge is -2.31. The summed E-state index contributed by atoms with van der Waals surface area (Å²) in [5, 5.41) is 5.41. The molecule has 20 nitrogen and oxygen atoms in total. The minimum atomic E-state index is -0.601. The van der Waals surface area contributed by atoms with Crippen LogP contribution in [0.5, 0.6) is 11.5 Å². The zero-order chi connectivity index (χ0) is 75.0. The number of anilines is 2. The number of aryl methyl sites for hydroxylation is 1. The Balaban J connectivity index is 0.000000161. The molecule has 2 unspecified atom stereocenters. The van der Waals surface area contributed by atoms with Crippen LogP contribution >= 0.6 is 15.9 Å². The number of aliphatic imine (C=N–C) groups is 1. The molecule has 0 saturated heterocycles. The molecule has 11 aromatic rings. The summed E-state index contributed by atoms with van der Waals surface area (Å²) in [5.41, 5.74) is 16.3. The van der Waals surface area contributed by atoms with Crippen LogP contribution in [-0.2, 0) is 13.0 Å². The van der Waals surface area contributed by atoms with Gasteiger partial charge < -0.3 is 20.9 Å². The van der Waals surface area contributed by atoms with E-state index in [-0.39, 0.29) is 80.5 Å². The molecule has 15 rings (SSSR count). The van der Waals surface area contributed by atoms with Crippen LogP contribution in [-0.4, -0.2) is 159 Å². The molecule has 519 valence electrons. The Morgan fingerprint density at radius 3 is 1.48 bits per heavy atom. The Morgan fingerprint density at radius 1 is 0.590 bits per heavy atom. The molecule has 6 aromatic heterocycles. The fourth-order valence-corrected chi connectivity index (χ4v) is 12.3. The van der Waals surface area contributed by atoms with Gasteiger partial charge in [0.05, 0.1) is 64.5 Å². The van der Waals surface area contributed by atoms with Crippen LogP contribution in [0.4, 0.5) is 33.6 Å². The second-order valence-electron chi connectivity index (χ2n) is 24.9. The standard InChI is InChI=1S/C26H23F2N7O2.C14H14BrFN2O.C14H15FN2O.C13H11FN4O.CH4.B6.B5/c1-13(24-32-18-8-4-7-16(27)20(18)26(36)34(24)15-5-3-6-15)35-25-21(23(29)30-12-31-25)22(33-35)14-9-10-19(37-2)17(28)11-14;1-8(15)13-17-11-7-3-6-10(16)12(11)14(19)18(13)9-4-2-5-9;1-2-12-16-11-8-4-7-10(15)13(11)14(18)17(12)9-5-3-6-9;1-19-10-3-2-7(4-8(10)14)12-11-9(5-16-12)17-6-18-13(11)15;;1-5(2)6(3)4;1-4-5(2)3/h4,7-13,15H,3,5-6H2,1-2H3,(H2,29,30,31);3,6-9H,2,4-5H2,1H3;4,7-9H,2-3,5-6H2,1H3;2-4,6H,5H2,1H3,(H2,15,17,18);1H4;;. The molecule has 4 N–H and O–H groups in total. The maximum Gasteiger partial charge on any atom is 0.264 e. The third kappa shape index (κ3) is 17.2. The number of hydrogen-bond acceptors (Lipinski definition) is 16. The van der Waals surface area contributed by atoms with Crippen LogP contribution in [0.15, 0.2) is 123 Å². The third-order valence-corrected chi connectivity index (χ3v) is 18.5. The number of halogens is 6. The van der Waals surface area contributed by atoms with Crippen molar-refractivity contribution in [1.29, 1.82) is 0 Å². The Kier molecular flexibility index (Phi) is 26.9. The van der Waals surface area contributed by atoms with Crippen LogP contribution in [0.25, 0.3) is 55.0 Å². The molecule has 4 aliphatic rings. The first-order chi connectivity index (χ1) is 49.8. The van der Waals surface area contributed by atoms with Gasteiger partial charge in [0, 0.05) is 116 Å². The van der Waals surface area contributed by atoms with Crippen molar-refractivity contribution in [1.82, 2.24) is 58.4 Å². The molecule has 1 aliphatic heterocycles. The van der Waals surface area contributed by atoms with E-state index in [2.05, 4.69) is 50.8 Å². The van der Waals surface area contributed by atoms with E-state index < -0.39 is 59.8 Å². The molecule has 3 saturated carbocycles. The number of hydrogen-bond donors (Lipinski definition) is 2. The number of methoxy groups -OCH3 is 2. The number of benzene rings is 5. The number of fused-ring (bicyclic) bond motifs is 5. The van der Waals surface area contributed by atoms with Crippen molar-refractivity contribution in [2.24, 2.45) is 4.99 Å². The van der Waals surface area contributed by atoms with Gasteiger partial charge >= 0.3 is 0 Å². The number of nitrogens with zero attached hydrogens (tertiary/aromatic N) is 13. The molecular weight excluding hydrogens is 1400 g/mol. The number of aromatic nitrogens is 12. The average molecular weight is 1470 g/mol. The van der Waals surface area contributed by atoms with Crippen LogP contribution in [0.1, 0.15) is 149 Å². The zero-order valence-corrected chi connectivity index (χ0v) is 59.2. The van der Waals surface area contributed by atoms with Gasteiger partial charge in [-0.3, -0.25) is 33.1 Å². The zero-order valence-electron chi connectivity index (χ0n) is 57.6. The molecule has 7 heterocycles. The SMILES string of the molecule is C.CC(Br)c1nc2cccc(F)c2c(=O)n1C1CCC1.CCc1nc2cccc(F)c2c(=O)n1C1CCC1.COc1ccc(-c2nn(C(C)c3nc4cccc(F)c4c(=O)n3C3CCC3)c3ncnc(N)c23)cc1F.COc1ccc(C2=NCc3ncnc(N)c32)cc1F.[B]B([B])B([B])[B].[B][B]B([B])[B]. The Labute approximate surface area is 623 Å². The fraction of sp³-hybridized carbons (Fsp3) is 0.324. The predicted octanol–water partition coefficient (Wildman–Crippen LogP) is 8.95. The normalized spacial score (nSPS) is 14.1. The van der Waals surface area contributed by atoms with Gasteiger partial charge in [0.15, 0.2) is 28.8 Å². The monoisotopic (exact) mass is 1470 g/mol. The molecule has 2 atom stereocenters. The summed E-state index contributed by atoms with van der Waals surface area (Å²) in [7, 11) is 38.5. The summed E-state index contributed by atoms with van der Waals surface area (Å²) in [6.45, 7) is 6.18. The van der Waals surface area contributed by atoms with Crippen LogP contribution in [0.2, 0.25) is 0 Å². The quantitative estimate of drug-likeness (QED) is 0.0620. The van der Waals surface area contributed by atoms with E-state index in [1.165, 1.54) is 76.4 Å². The maximum atomic E-state index is 14.7. The highest BCUT2D eigenvalue weighted by Gasteiger charge is 2.33. The summed E-state index contributed by atoms with van der Waals surface area (Å²) < 4.78 is 87.1. The molecule has 0 bridgehead atoms. The summed E-state index contributed by atoms with van der Waals surface area (Å²) >= 11 is 3.48. The van der Waals surface area contributed by atoms with Gasteiger partial charge in [-0.05, 0) is 144 Å². The molecule has 0 spiro atoms. The number of alkyl halides is 1. The molecule has 3 fully saturated rings. The van der Waals surface area contributed by atoms with Gasteiger partial charge in [-0.25, -0.2) is 61.5 Å². The highest BCUT2D eigenvalue weighted by Crippen LogP contribution is 2.39. The first kappa shape index (κ1) is 80.0. The lowest BCUT2D eigenvalue weighted by molar-refractivity contribution is 0.288. The minimum Gasteiger partial charge on any atom is -0.494 e. The number of nitrogen functional groups attached to an aromatic ring is 2. The number of rotatable bonds is 13. The summed E-state index contributed by atoms with van der Waals surface area (Å²) in [6, 6.07) is 22.5. The topological polar surface area (TPSA) is 257 Å². The van der Waals surface area contributed by atoms with E-state index in [0.29, 0.717) is 80.6 Å². The maximum absolute atomic E-state index is 14.7. The van der Waals surface area contributed by atoms with E-state index in [1.807, 2.05) is 20.8 Å². The number of ether oxygens (including phenoxy) is 2. The second-order valence-corrected chi connectivity index (χ2v) is 26.3. The van der Waals surface area contributed by atoms with E-state index >= 15 is 0 Å². The Morgan fingerprint density at radius 2 is 1.03 bits per heavy atom. The van der Waals surface area contributed by atoms with Crippen molar-refractivity contribution >= 4 is 157 Å². The molecule has 105 heavy (non-hydrogen) atoms. The van der Waals surface area contributed by atoms with Crippen LogP contribution in [0, 0.1) is 29.1 Å². The van der Waals surface area contributed by atoms with Gasteiger partial charge in [-0.15, -0.1) is 0 Å². The molecule has 3 aliphatic carbocycles. The van der Waals surface area contributed by atoms with E-state index in [4.69, 9.17) is 85.2 Å². The van der Waals surface area contributed by atoms with Gasteiger partial charge in [-0.2, -0.15) is 5.10 Å². The van der Waals surface area contributed by atoms with E-state index in [9.17, 15) is 36.3 Å². The van der Waals surface area contributed by atoms with Crippen molar-refractivity contribution in [2.75, 3.05) is 25.7 Å². The summed E-state index contributed by atoms with van der Waals surface area (Å²) in [6.07, 6.45) is 10.5. The molecule has 0 amide bonds. The summed E-state index contributed by atoms with van der Waals surface area (Å²) in [4.78, 5) is 73.1. The molecular formula is C68H67B11BrF5N15O5. The van der Waals surface area contributed by atoms with Gasteiger partial charge in [0.2, 0.25) is 0 Å². The van der Waals surface area contributed by atoms with Crippen LogP contribution < -0.4 is 37.6 Å². The largest absolute Gasteiger partial charge is 0.494 e. The predicted molar refractivity (Wildman–Crippen MR) is 418 cm³/mol. The third-order valence-electron chi connectivity index (χ3n) is 18.1. The average Bonchev–Trinajstić information content (AvgIpc) is 1.72. The van der Waals surface area contributed by atoms with Crippen LogP contribution in [0.3, 0.4) is 0 Å². The Bertz CT molecular complexity index is 5180. The smallest absolute Gasteiger partial charge is 0.264 e. The summed E-state index contributed by atoms with van der Waals surface area (Å²) in [5.74, 6) is 0.167. The lowest BCUT2D eigenvalue weighted by atomic mass is 8.81. The lowest BCUT2D eigenvalue weighted by Crippen LogP contribution is -2.38. The second kappa shape index (κ2) is 35.3. The van der Waals surface area contributed by atoms with E-state index in [1.54, 1.807) is 66.9 Å². The molecule has 15 radical (unpaired) electrons. The van der Waals surface area contributed by atoms with Crippen molar-refractivity contribution < 1.29 is 31.4 Å². The van der Waals surface area contributed by atoms with E-state index in [0.717, 1.165) is 69.3 Å². The molecule has 5 aromatic carbocycles. The fourth-order valence-electron chi connectivity index (χ4n) is 12.0. The van der Waals surface area contributed by atoms with Crippen molar-refractivity contribution in [2.45, 2.75) is 128 Å². The van der Waals surface area contributed by atoms with Crippen molar-refractivity contribution in [3.8, 4) is 22.8 Å². The molecule has 37 heteroatoms. The first-order valence-corrected chi connectivity index (χ1v) is 34.4. The first-order valence-electron chi connectivity index (χ1n) is 33.5.